The summed E-state index contributed by atoms with van der Waals surface area (Å²) in [5, 5.41) is 0. The van der Waals surface area contributed by atoms with Crippen LogP contribution in [0.4, 0.5) is 5.69 Å². The molecule has 1 rings (SSSR count). The minimum Gasteiger partial charge on any atom is -0.266 e. The molecule has 0 radical (unpaired) electrons. The van der Waals surface area contributed by atoms with Crippen molar-refractivity contribution in [1.82, 2.24) is 0 Å². The molecule has 0 aliphatic heterocycles. The van der Waals surface area contributed by atoms with Gasteiger partial charge in [-0.05, 0) is 41.9 Å². The molecule has 1 aromatic rings. The van der Waals surface area contributed by atoms with E-state index in [1.807, 2.05) is 38.1 Å². The number of nitrogens with zero attached hydrogens (tertiary/aromatic N) is 1. The third-order valence-corrected chi connectivity index (χ3v) is 4.00. The first-order valence-corrected chi connectivity index (χ1v) is 7.82. The van der Waals surface area contributed by atoms with Gasteiger partial charge in [0.25, 0.3) is 0 Å². The Morgan fingerprint density at radius 3 is 2.41 bits per heavy atom. The molecule has 0 saturated heterocycles. The van der Waals surface area contributed by atoms with Gasteiger partial charge in [0, 0.05) is 4.47 Å². The molecule has 0 fully saturated rings. The summed E-state index contributed by atoms with van der Waals surface area (Å²) in [5.74, 6) is 0. The van der Waals surface area contributed by atoms with Gasteiger partial charge < -0.3 is 0 Å². The van der Waals surface area contributed by atoms with E-state index in [0.717, 1.165) is 10.0 Å². The third kappa shape index (κ3) is 4.16. The molecule has 0 N–H and O–H groups in total. The highest BCUT2D eigenvalue weighted by molar-refractivity contribution is 9.10. The molecule has 0 heterocycles. The van der Waals surface area contributed by atoms with E-state index in [4.69, 9.17) is 0 Å². The molecule has 17 heavy (non-hydrogen) atoms. The summed E-state index contributed by atoms with van der Waals surface area (Å²) < 4.78 is 25.7. The Balaban J connectivity index is 3.17. The smallest absolute Gasteiger partial charge is 0.232 e. The quantitative estimate of drug-likeness (QED) is 0.800. The topological polar surface area (TPSA) is 37.4 Å². The fourth-order valence-corrected chi connectivity index (χ4v) is 2.81. The number of hydrogen-bond acceptors (Lipinski definition) is 2. The van der Waals surface area contributed by atoms with Crippen LogP contribution in [0.1, 0.15) is 13.8 Å². The van der Waals surface area contributed by atoms with E-state index in [9.17, 15) is 8.42 Å². The van der Waals surface area contributed by atoms with Crippen LogP contribution in [0.5, 0.6) is 0 Å². The largest absolute Gasteiger partial charge is 0.266 e. The summed E-state index contributed by atoms with van der Waals surface area (Å²) in [6, 6.07) is 7.29. The van der Waals surface area contributed by atoms with Gasteiger partial charge in [-0.15, -0.1) is 0 Å². The average molecular weight is 318 g/mol. The van der Waals surface area contributed by atoms with E-state index in [1.54, 1.807) is 6.07 Å². The maximum atomic E-state index is 11.8. The molecule has 0 amide bonds. The van der Waals surface area contributed by atoms with Crippen molar-refractivity contribution < 1.29 is 8.42 Å². The van der Waals surface area contributed by atoms with E-state index in [2.05, 4.69) is 15.9 Å². The first-order chi connectivity index (χ1) is 7.82. The van der Waals surface area contributed by atoms with Crippen LogP contribution >= 0.6 is 15.9 Å². The highest BCUT2D eigenvalue weighted by Crippen LogP contribution is 2.27. The van der Waals surface area contributed by atoms with Crippen LogP contribution in [0, 0.1) is 0 Å². The van der Waals surface area contributed by atoms with Crippen LogP contribution in [-0.2, 0) is 10.0 Å². The number of rotatable bonds is 4. The van der Waals surface area contributed by atoms with Gasteiger partial charge in [-0.3, -0.25) is 4.31 Å². The van der Waals surface area contributed by atoms with Crippen molar-refractivity contribution in [3.63, 3.8) is 0 Å². The molecule has 0 aromatic heterocycles. The molecule has 0 bridgehead atoms. The summed E-state index contributed by atoms with van der Waals surface area (Å²) in [4.78, 5) is 0. The van der Waals surface area contributed by atoms with Gasteiger partial charge in [0.1, 0.15) is 0 Å². The van der Waals surface area contributed by atoms with Gasteiger partial charge in [-0.2, -0.15) is 0 Å². The molecule has 0 saturated carbocycles. The van der Waals surface area contributed by atoms with Crippen molar-refractivity contribution in [3.8, 4) is 0 Å². The van der Waals surface area contributed by atoms with E-state index in [-0.39, 0.29) is 0 Å². The average Bonchev–Trinajstić information content (AvgIpc) is 2.18. The first-order valence-electron chi connectivity index (χ1n) is 5.18. The maximum absolute atomic E-state index is 11.8. The predicted octanol–water partition coefficient (Wildman–Crippen LogP) is 3.18. The normalized spacial score (nSPS) is 11.1. The number of anilines is 1. The van der Waals surface area contributed by atoms with Crippen molar-refractivity contribution in [1.29, 1.82) is 0 Å². The SMILES string of the molecule is CC(C)=CCN(c1ccccc1Br)S(C)(=O)=O. The Morgan fingerprint density at radius 1 is 1.35 bits per heavy atom. The zero-order valence-corrected chi connectivity index (χ0v) is 12.5. The van der Waals surface area contributed by atoms with Crippen molar-refractivity contribution in [3.05, 3.63) is 40.4 Å². The Kier molecular flexibility index (Phi) is 4.77. The fourth-order valence-electron chi connectivity index (χ4n) is 1.33. The summed E-state index contributed by atoms with van der Waals surface area (Å²) in [5.41, 5.74) is 1.75. The summed E-state index contributed by atoms with van der Waals surface area (Å²) in [6.45, 7) is 4.24. The fraction of sp³-hybridized carbons (Fsp3) is 0.333. The number of halogens is 1. The lowest BCUT2D eigenvalue weighted by Gasteiger charge is -2.22. The van der Waals surface area contributed by atoms with E-state index < -0.39 is 10.0 Å². The third-order valence-electron chi connectivity index (χ3n) is 2.19. The lowest BCUT2D eigenvalue weighted by atomic mass is 10.3. The summed E-state index contributed by atoms with van der Waals surface area (Å²) in [6.07, 6.45) is 3.10. The van der Waals surface area contributed by atoms with Crippen molar-refractivity contribution in [2.75, 3.05) is 17.1 Å². The van der Waals surface area contributed by atoms with Gasteiger partial charge in [0.2, 0.25) is 10.0 Å². The molecular weight excluding hydrogens is 302 g/mol. The van der Waals surface area contributed by atoms with Crippen LogP contribution in [0.25, 0.3) is 0 Å². The molecule has 94 valence electrons. The molecule has 0 aliphatic rings. The van der Waals surface area contributed by atoms with E-state index in [0.29, 0.717) is 12.2 Å². The van der Waals surface area contributed by atoms with Crippen LogP contribution < -0.4 is 4.31 Å². The number of benzene rings is 1. The molecule has 5 heteroatoms. The summed E-state index contributed by atoms with van der Waals surface area (Å²) >= 11 is 3.37. The Labute approximate surface area is 111 Å². The molecule has 0 spiro atoms. The zero-order valence-electron chi connectivity index (χ0n) is 10.1. The zero-order chi connectivity index (χ0) is 13.1. The summed E-state index contributed by atoms with van der Waals surface area (Å²) in [7, 11) is -3.28. The highest BCUT2D eigenvalue weighted by Gasteiger charge is 2.17. The Morgan fingerprint density at radius 2 is 1.94 bits per heavy atom. The molecule has 0 aliphatic carbocycles. The lowest BCUT2D eigenvalue weighted by molar-refractivity contribution is 0.598. The van der Waals surface area contributed by atoms with Crippen LogP contribution in [0.2, 0.25) is 0 Å². The maximum Gasteiger partial charge on any atom is 0.232 e. The minimum atomic E-state index is -3.28. The number of hydrogen-bond donors (Lipinski definition) is 0. The standard InChI is InChI=1S/C12H16BrNO2S/c1-10(2)8-9-14(17(3,15)16)12-7-5-4-6-11(12)13/h4-8H,9H2,1-3H3. The number of sulfonamides is 1. The molecular formula is C12H16BrNO2S. The van der Waals surface area contributed by atoms with Crippen LogP contribution in [-0.4, -0.2) is 21.2 Å². The van der Waals surface area contributed by atoms with E-state index in [1.165, 1.54) is 10.6 Å². The van der Waals surface area contributed by atoms with Crippen molar-refractivity contribution >= 4 is 31.6 Å². The Bertz CT molecular complexity index is 519. The monoisotopic (exact) mass is 317 g/mol. The second-order valence-electron chi connectivity index (χ2n) is 4.03. The van der Waals surface area contributed by atoms with Gasteiger partial charge in [-0.1, -0.05) is 23.8 Å². The van der Waals surface area contributed by atoms with Gasteiger partial charge >= 0.3 is 0 Å². The van der Waals surface area contributed by atoms with Crippen molar-refractivity contribution in [2.45, 2.75) is 13.8 Å². The minimum absolute atomic E-state index is 0.351. The van der Waals surface area contributed by atoms with Crippen LogP contribution in [0.3, 0.4) is 0 Å². The molecule has 0 unspecified atom stereocenters. The molecule has 1 aromatic carbocycles. The highest BCUT2D eigenvalue weighted by atomic mass is 79.9. The molecule has 0 atom stereocenters. The van der Waals surface area contributed by atoms with Gasteiger partial charge in [0.15, 0.2) is 0 Å². The van der Waals surface area contributed by atoms with E-state index >= 15 is 0 Å². The first kappa shape index (κ1) is 14.3. The number of para-hydroxylation sites is 1. The predicted molar refractivity (Wildman–Crippen MR) is 75.8 cm³/mol. The number of allylic oxidation sites excluding steroid dienone is 1. The van der Waals surface area contributed by atoms with Gasteiger partial charge in [0.05, 0.1) is 18.5 Å². The van der Waals surface area contributed by atoms with Gasteiger partial charge in [-0.25, -0.2) is 8.42 Å². The Hall–Kier alpha value is -0.810. The second kappa shape index (κ2) is 5.69. The molecule has 3 nitrogen and oxygen atoms in total. The van der Waals surface area contributed by atoms with Crippen LogP contribution in [0.15, 0.2) is 40.4 Å². The second-order valence-corrected chi connectivity index (χ2v) is 6.79. The lowest BCUT2D eigenvalue weighted by Crippen LogP contribution is -2.30. The van der Waals surface area contributed by atoms with Crippen molar-refractivity contribution in [2.24, 2.45) is 0 Å².